The smallest absolute Gasteiger partial charge is 0.0545 e. The van der Waals surface area contributed by atoms with Crippen molar-refractivity contribution in [3.63, 3.8) is 0 Å². The van der Waals surface area contributed by atoms with Gasteiger partial charge in [0.1, 0.15) is 0 Å². The summed E-state index contributed by atoms with van der Waals surface area (Å²) in [5.74, 6) is 0.723. The third kappa shape index (κ3) is 11.1. The van der Waals surface area contributed by atoms with Crippen LogP contribution in [0.4, 0.5) is 0 Å². The standard InChI is InChI=1S/C17H36O/c1-6-7-8-9-10-11-12-16(18)14-17(4,5)13-15(2)3/h15-16,18H,6-14H2,1-5H3. The summed E-state index contributed by atoms with van der Waals surface area (Å²) in [5, 5.41) is 10.1. The molecular weight excluding hydrogens is 220 g/mol. The van der Waals surface area contributed by atoms with Crippen LogP contribution in [-0.4, -0.2) is 11.2 Å². The van der Waals surface area contributed by atoms with Gasteiger partial charge in [-0.25, -0.2) is 0 Å². The van der Waals surface area contributed by atoms with Crippen LogP contribution in [0.3, 0.4) is 0 Å². The predicted octanol–water partition coefficient (Wildman–Crippen LogP) is 5.56. The van der Waals surface area contributed by atoms with E-state index in [9.17, 15) is 5.11 Å². The Balaban J connectivity index is 3.60. The van der Waals surface area contributed by atoms with Crippen molar-refractivity contribution < 1.29 is 5.11 Å². The molecule has 0 fully saturated rings. The second kappa shape index (κ2) is 9.83. The van der Waals surface area contributed by atoms with Crippen LogP contribution in [0, 0.1) is 11.3 Å². The average molecular weight is 256 g/mol. The van der Waals surface area contributed by atoms with E-state index >= 15 is 0 Å². The van der Waals surface area contributed by atoms with Gasteiger partial charge in [-0.2, -0.15) is 0 Å². The molecule has 0 aromatic rings. The SMILES string of the molecule is CCCCCCCCC(O)CC(C)(C)CC(C)C. The summed E-state index contributed by atoms with van der Waals surface area (Å²) in [6.45, 7) is 11.4. The van der Waals surface area contributed by atoms with Gasteiger partial charge in [0.2, 0.25) is 0 Å². The molecule has 110 valence electrons. The van der Waals surface area contributed by atoms with Crippen LogP contribution in [0.15, 0.2) is 0 Å². The second-order valence-electron chi connectivity index (χ2n) is 7.18. The summed E-state index contributed by atoms with van der Waals surface area (Å²) in [6, 6.07) is 0. The topological polar surface area (TPSA) is 20.2 Å². The lowest BCUT2D eigenvalue weighted by Gasteiger charge is -2.29. The lowest BCUT2D eigenvalue weighted by molar-refractivity contribution is 0.0930. The first-order valence-electron chi connectivity index (χ1n) is 8.05. The number of aliphatic hydroxyl groups excluding tert-OH is 1. The molecule has 0 aromatic carbocycles. The van der Waals surface area contributed by atoms with Gasteiger partial charge < -0.3 is 5.11 Å². The third-order valence-corrected chi connectivity index (χ3v) is 3.64. The van der Waals surface area contributed by atoms with E-state index in [1.165, 1.54) is 44.9 Å². The lowest BCUT2D eigenvalue weighted by atomic mass is 9.79. The summed E-state index contributed by atoms with van der Waals surface area (Å²) in [6.07, 6.45) is 10.9. The molecule has 0 radical (unpaired) electrons. The zero-order chi connectivity index (χ0) is 14.0. The molecule has 0 heterocycles. The van der Waals surface area contributed by atoms with Gasteiger partial charge in [-0.05, 0) is 30.6 Å². The van der Waals surface area contributed by atoms with Gasteiger partial charge in [0.25, 0.3) is 0 Å². The summed E-state index contributed by atoms with van der Waals surface area (Å²) in [4.78, 5) is 0. The van der Waals surface area contributed by atoms with Gasteiger partial charge in [-0.1, -0.05) is 73.1 Å². The average Bonchev–Trinajstić information content (AvgIpc) is 2.20. The Hall–Kier alpha value is -0.0400. The summed E-state index contributed by atoms with van der Waals surface area (Å²) < 4.78 is 0. The molecular formula is C17H36O. The molecule has 1 unspecified atom stereocenters. The van der Waals surface area contributed by atoms with Crippen molar-refractivity contribution in [2.45, 2.75) is 98.5 Å². The van der Waals surface area contributed by atoms with Gasteiger partial charge in [-0.3, -0.25) is 0 Å². The molecule has 18 heavy (non-hydrogen) atoms. The maximum atomic E-state index is 10.1. The highest BCUT2D eigenvalue weighted by molar-refractivity contribution is 4.74. The van der Waals surface area contributed by atoms with Crippen LogP contribution < -0.4 is 0 Å². The first-order chi connectivity index (χ1) is 8.37. The second-order valence-corrected chi connectivity index (χ2v) is 7.18. The van der Waals surface area contributed by atoms with E-state index < -0.39 is 0 Å². The molecule has 0 aromatic heterocycles. The number of hydrogen-bond donors (Lipinski definition) is 1. The quantitative estimate of drug-likeness (QED) is 0.480. The molecule has 1 nitrogen and oxygen atoms in total. The van der Waals surface area contributed by atoms with Crippen molar-refractivity contribution in [3.8, 4) is 0 Å². The van der Waals surface area contributed by atoms with Gasteiger partial charge in [-0.15, -0.1) is 0 Å². The Morgan fingerprint density at radius 2 is 1.44 bits per heavy atom. The molecule has 0 saturated carbocycles. The van der Waals surface area contributed by atoms with Gasteiger partial charge in [0.15, 0.2) is 0 Å². The number of unbranched alkanes of at least 4 members (excludes halogenated alkanes) is 5. The summed E-state index contributed by atoms with van der Waals surface area (Å²) >= 11 is 0. The van der Waals surface area contributed by atoms with Gasteiger partial charge in [0, 0.05) is 0 Å². The maximum Gasteiger partial charge on any atom is 0.0545 e. The highest BCUT2D eigenvalue weighted by atomic mass is 16.3. The fraction of sp³-hybridized carbons (Fsp3) is 1.00. The minimum atomic E-state index is -0.0927. The van der Waals surface area contributed by atoms with Crippen LogP contribution in [-0.2, 0) is 0 Å². The number of aliphatic hydroxyl groups is 1. The highest BCUT2D eigenvalue weighted by Gasteiger charge is 2.22. The zero-order valence-corrected chi connectivity index (χ0v) is 13.5. The predicted molar refractivity (Wildman–Crippen MR) is 81.9 cm³/mol. The van der Waals surface area contributed by atoms with Crippen LogP contribution in [0.1, 0.15) is 92.4 Å². The summed E-state index contributed by atoms with van der Waals surface area (Å²) in [7, 11) is 0. The van der Waals surface area contributed by atoms with Gasteiger partial charge >= 0.3 is 0 Å². The van der Waals surface area contributed by atoms with E-state index in [0.717, 1.165) is 18.8 Å². The first-order valence-corrected chi connectivity index (χ1v) is 8.05. The van der Waals surface area contributed by atoms with Crippen molar-refractivity contribution in [2.75, 3.05) is 0 Å². The van der Waals surface area contributed by atoms with Crippen LogP contribution in [0.2, 0.25) is 0 Å². The van der Waals surface area contributed by atoms with E-state index in [-0.39, 0.29) is 11.5 Å². The highest BCUT2D eigenvalue weighted by Crippen LogP contribution is 2.31. The lowest BCUT2D eigenvalue weighted by Crippen LogP contribution is -2.22. The van der Waals surface area contributed by atoms with E-state index in [1.54, 1.807) is 0 Å². The fourth-order valence-corrected chi connectivity index (χ4v) is 3.09. The summed E-state index contributed by atoms with van der Waals surface area (Å²) in [5.41, 5.74) is 0.287. The number of hydrogen-bond acceptors (Lipinski definition) is 1. The minimum absolute atomic E-state index is 0.0927. The van der Waals surface area contributed by atoms with Gasteiger partial charge in [0.05, 0.1) is 6.10 Å². The molecule has 0 saturated heterocycles. The Labute approximate surface area is 115 Å². The minimum Gasteiger partial charge on any atom is -0.393 e. The molecule has 0 aliphatic carbocycles. The monoisotopic (exact) mass is 256 g/mol. The molecule has 0 spiro atoms. The van der Waals surface area contributed by atoms with E-state index in [1.807, 2.05) is 0 Å². The third-order valence-electron chi connectivity index (χ3n) is 3.64. The molecule has 1 heteroatoms. The Bertz CT molecular complexity index is 184. The first kappa shape index (κ1) is 18.0. The Kier molecular flexibility index (Phi) is 9.81. The van der Waals surface area contributed by atoms with Crippen molar-refractivity contribution in [1.29, 1.82) is 0 Å². The maximum absolute atomic E-state index is 10.1. The number of rotatable bonds is 11. The molecule has 1 N–H and O–H groups in total. The van der Waals surface area contributed by atoms with Crippen molar-refractivity contribution >= 4 is 0 Å². The van der Waals surface area contributed by atoms with Crippen LogP contribution in [0.25, 0.3) is 0 Å². The largest absolute Gasteiger partial charge is 0.393 e. The molecule has 0 amide bonds. The molecule has 0 rings (SSSR count). The van der Waals surface area contributed by atoms with Crippen molar-refractivity contribution in [2.24, 2.45) is 11.3 Å². The van der Waals surface area contributed by atoms with Crippen LogP contribution >= 0.6 is 0 Å². The van der Waals surface area contributed by atoms with E-state index in [2.05, 4.69) is 34.6 Å². The van der Waals surface area contributed by atoms with E-state index in [4.69, 9.17) is 0 Å². The molecule has 0 bridgehead atoms. The van der Waals surface area contributed by atoms with E-state index in [0.29, 0.717) is 0 Å². The Morgan fingerprint density at radius 1 is 0.889 bits per heavy atom. The van der Waals surface area contributed by atoms with Crippen LogP contribution in [0.5, 0.6) is 0 Å². The molecule has 0 aliphatic heterocycles. The molecule has 1 atom stereocenters. The normalized spacial score (nSPS) is 14.2. The molecule has 0 aliphatic rings. The van der Waals surface area contributed by atoms with Crippen molar-refractivity contribution in [3.05, 3.63) is 0 Å². The Morgan fingerprint density at radius 3 is 2.00 bits per heavy atom. The van der Waals surface area contributed by atoms with Crippen molar-refractivity contribution in [1.82, 2.24) is 0 Å². The zero-order valence-electron chi connectivity index (χ0n) is 13.5. The fourth-order valence-electron chi connectivity index (χ4n) is 3.09.